The Hall–Kier alpha value is -1.82. The molecule has 0 unspecified atom stereocenters. The first-order valence-corrected chi connectivity index (χ1v) is 10.8. The third kappa shape index (κ3) is 5.60. The molecule has 1 aliphatic carbocycles. The van der Waals surface area contributed by atoms with Gasteiger partial charge in [0.25, 0.3) is 0 Å². The Morgan fingerprint density at radius 3 is 2.64 bits per heavy atom. The lowest BCUT2D eigenvalue weighted by Crippen LogP contribution is -2.46. The van der Waals surface area contributed by atoms with Crippen LogP contribution in [-0.2, 0) is 11.3 Å². The van der Waals surface area contributed by atoms with Crippen LogP contribution in [-0.4, -0.2) is 51.3 Å². The van der Waals surface area contributed by atoms with E-state index >= 15 is 0 Å². The maximum absolute atomic E-state index is 5.29. The third-order valence-electron chi connectivity index (χ3n) is 6.48. The van der Waals surface area contributed by atoms with E-state index in [9.17, 15) is 0 Å². The SMILES string of the molecule is CN=C(NCc1ccc(N2CCC(C)CC2)nc1)NCC1(CCOC)CCC1. The van der Waals surface area contributed by atoms with Gasteiger partial charge in [-0.15, -0.1) is 0 Å². The topological polar surface area (TPSA) is 61.8 Å². The van der Waals surface area contributed by atoms with Crippen LogP contribution in [0.1, 0.15) is 51.0 Å². The summed E-state index contributed by atoms with van der Waals surface area (Å²) in [7, 11) is 3.61. The first kappa shape index (κ1) is 20.9. The molecule has 0 bridgehead atoms. The molecule has 1 aromatic heterocycles. The zero-order chi connectivity index (χ0) is 19.8. The van der Waals surface area contributed by atoms with Crippen molar-refractivity contribution in [3.05, 3.63) is 23.9 Å². The molecule has 2 N–H and O–H groups in total. The molecule has 0 aromatic carbocycles. The fraction of sp³-hybridized carbons (Fsp3) is 0.727. The molecule has 0 amide bonds. The second-order valence-electron chi connectivity index (χ2n) is 8.57. The summed E-state index contributed by atoms with van der Waals surface area (Å²) < 4.78 is 5.29. The lowest BCUT2D eigenvalue weighted by Gasteiger charge is -2.42. The highest BCUT2D eigenvalue weighted by atomic mass is 16.5. The van der Waals surface area contributed by atoms with Crippen LogP contribution in [0.15, 0.2) is 23.3 Å². The summed E-state index contributed by atoms with van der Waals surface area (Å²) in [5, 5.41) is 6.93. The summed E-state index contributed by atoms with van der Waals surface area (Å²) in [4.78, 5) is 11.5. The fourth-order valence-electron chi connectivity index (χ4n) is 4.13. The van der Waals surface area contributed by atoms with Gasteiger partial charge < -0.3 is 20.3 Å². The Balaban J connectivity index is 1.44. The maximum Gasteiger partial charge on any atom is 0.191 e. The third-order valence-corrected chi connectivity index (χ3v) is 6.48. The van der Waals surface area contributed by atoms with Crippen LogP contribution in [0.4, 0.5) is 5.82 Å². The van der Waals surface area contributed by atoms with Crippen molar-refractivity contribution in [2.45, 2.75) is 52.0 Å². The fourth-order valence-corrected chi connectivity index (χ4v) is 4.13. The van der Waals surface area contributed by atoms with E-state index in [0.717, 1.165) is 56.9 Å². The second kappa shape index (κ2) is 10.1. The van der Waals surface area contributed by atoms with E-state index in [2.05, 4.69) is 44.6 Å². The van der Waals surface area contributed by atoms with E-state index in [4.69, 9.17) is 4.74 Å². The molecule has 0 spiro atoms. The average Bonchev–Trinajstić information content (AvgIpc) is 2.70. The first-order chi connectivity index (χ1) is 13.6. The van der Waals surface area contributed by atoms with Crippen molar-refractivity contribution in [3.63, 3.8) is 0 Å². The monoisotopic (exact) mass is 387 g/mol. The molecule has 1 saturated heterocycles. The predicted molar refractivity (Wildman–Crippen MR) is 116 cm³/mol. The molecule has 1 saturated carbocycles. The molecule has 2 aliphatic rings. The lowest BCUT2D eigenvalue weighted by molar-refractivity contribution is 0.0732. The van der Waals surface area contributed by atoms with E-state index in [1.54, 1.807) is 7.11 Å². The van der Waals surface area contributed by atoms with Gasteiger partial charge in [-0.1, -0.05) is 19.4 Å². The Morgan fingerprint density at radius 2 is 2.07 bits per heavy atom. The molecule has 2 heterocycles. The maximum atomic E-state index is 5.29. The number of aromatic nitrogens is 1. The molecule has 0 radical (unpaired) electrons. The van der Waals surface area contributed by atoms with Crippen LogP contribution in [0.2, 0.25) is 0 Å². The van der Waals surface area contributed by atoms with Crippen LogP contribution in [0.3, 0.4) is 0 Å². The standard InChI is InChI=1S/C22H37N5O/c1-18-7-12-27(13-8-18)20-6-5-19(15-24-20)16-25-21(23-2)26-17-22(9-4-10-22)11-14-28-3/h5-6,15,18H,4,7-14,16-17H2,1-3H3,(H2,23,25,26). The highest BCUT2D eigenvalue weighted by Crippen LogP contribution is 2.43. The number of guanidine groups is 1. The van der Waals surface area contributed by atoms with Gasteiger partial charge in [0.1, 0.15) is 5.82 Å². The minimum atomic E-state index is 0.378. The molecule has 0 atom stereocenters. The van der Waals surface area contributed by atoms with Crippen molar-refractivity contribution >= 4 is 11.8 Å². The van der Waals surface area contributed by atoms with Crippen molar-refractivity contribution in [3.8, 4) is 0 Å². The summed E-state index contributed by atoms with van der Waals surface area (Å²) in [5.41, 5.74) is 1.55. The molecule has 28 heavy (non-hydrogen) atoms. The first-order valence-electron chi connectivity index (χ1n) is 10.8. The highest BCUT2D eigenvalue weighted by Gasteiger charge is 2.36. The molecule has 3 rings (SSSR count). The van der Waals surface area contributed by atoms with Crippen LogP contribution in [0, 0.1) is 11.3 Å². The number of anilines is 1. The minimum Gasteiger partial charge on any atom is -0.385 e. The minimum absolute atomic E-state index is 0.378. The lowest BCUT2D eigenvalue weighted by atomic mass is 9.67. The molecule has 1 aromatic rings. The average molecular weight is 388 g/mol. The van der Waals surface area contributed by atoms with Gasteiger partial charge in [0, 0.05) is 53.1 Å². The number of nitrogens with one attached hydrogen (secondary N) is 2. The van der Waals surface area contributed by atoms with Crippen molar-refractivity contribution in [2.24, 2.45) is 16.3 Å². The molecule has 1 aliphatic heterocycles. The van der Waals surface area contributed by atoms with Gasteiger partial charge in [-0.3, -0.25) is 4.99 Å². The Kier molecular flexibility index (Phi) is 7.54. The zero-order valence-electron chi connectivity index (χ0n) is 17.8. The van der Waals surface area contributed by atoms with Gasteiger partial charge in [-0.25, -0.2) is 4.98 Å². The summed E-state index contributed by atoms with van der Waals surface area (Å²) in [6.07, 6.45) is 9.51. The van der Waals surface area contributed by atoms with Crippen LogP contribution < -0.4 is 15.5 Å². The zero-order valence-corrected chi connectivity index (χ0v) is 17.8. The normalized spacial score (nSPS) is 20.0. The molecule has 156 valence electrons. The number of piperidine rings is 1. The number of ether oxygens (including phenoxy) is 1. The summed E-state index contributed by atoms with van der Waals surface area (Å²) in [6.45, 7) is 7.10. The molecule has 6 nitrogen and oxygen atoms in total. The smallest absolute Gasteiger partial charge is 0.191 e. The molecule has 2 fully saturated rings. The van der Waals surface area contributed by atoms with Crippen molar-refractivity contribution in [2.75, 3.05) is 45.3 Å². The molecular formula is C22H37N5O. The molecule has 6 heteroatoms. The van der Waals surface area contributed by atoms with Crippen LogP contribution in [0.5, 0.6) is 0 Å². The largest absolute Gasteiger partial charge is 0.385 e. The summed E-state index contributed by atoms with van der Waals surface area (Å²) >= 11 is 0. The highest BCUT2D eigenvalue weighted by molar-refractivity contribution is 5.79. The number of hydrogen-bond donors (Lipinski definition) is 2. The van der Waals surface area contributed by atoms with Crippen LogP contribution >= 0.6 is 0 Å². The Bertz CT molecular complexity index is 618. The quantitative estimate of drug-likeness (QED) is 0.530. The van der Waals surface area contributed by atoms with E-state index in [-0.39, 0.29) is 0 Å². The van der Waals surface area contributed by atoms with Gasteiger partial charge in [-0.05, 0) is 55.1 Å². The summed E-state index contributed by atoms with van der Waals surface area (Å²) in [5.74, 6) is 2.80. The van der Waals surface area contributed by atoms with Gasteiger partial charge in [-0.2, -0.15) is 0 Å². The Labute approximate surface area is 170 Å². The van der Waals surface area contributed by atoms with E-state index < -0.39 is 0 Å². The Morgan fingerprint density at radius 1 is 1.29 bits per heavy atom. The number of methoxy groups -OCH3 is 1. The van der Waals surface area contributed by atoms with E-state index in [1.807, 2.05) is 13.2 Å². The number of rotatable bonds is 8. The molecular weight excluding hydrogens is 350 g/mol. The van der Waals surface area contributed by atoms with E-state index in [0.29, 0.717) is 5.41 Å². The number of hydrogen-bond acceptors (Lipinski definition) is 4. The van der Waals surface area contributed by atoms with Crippen LogP contribution in [0.25, 0.3) is 0 Å². The second-order valence-corrected chi connectivity index (χ2v) is 8.57. The summed E-state index contributed by atoms with van der Waals surface area (Å²) in [6, 6.07) is 4.32. The predicted octanol–water partition coefficient (Wildman–Crippen LogP) is 3.19. The van der Waals surface area contributed by atoms with Gasteiger partial charge in [0.05, 0.1) is 0 Å². The van der Waals surface area contributed by atoms with Gasteiger partial charge in [0.15, 0.2) is 5.96 Å². The van der Waals surface area contributed by atoms with Gasteiger partial charge in [0.2, 0.25) is 0 Å². The van der Waals surface area contributed by atoms with Crippen molar-refractivity contribution in [1.82, 2.24) is 15.6 Å². The number of pyridine rings is 1. The number of nitrogens with zero attached hydrogens (tertiary/aromatic N) is 3. The van der Waals surface area contributed by atoms with Crippen molar-refractivity contribution < 1.29 is 4.74 Å². The van der Waals surface area contributed by atoms with Gasteiger partial charge >= 0.3 is 0 Å². The van der Waals surface area contributed by atoms with E-state index in [1.165, 1.54) is 37.7 Å². The van der Waals surface area contributed by atoms with Crippen molar-refractivity contribution in [1.29, 1.82) is 0 Å². The number of aliphatic imine (C=N–C) groups is 1.